The van der Waals surface area contributed by atoms with Crippen LogP contribution in [0, 0.1) is 0 Å². The quantitative estimate of drug-likeness (QED) is 0.322. The van der Waals surface area contributed by atoms with Crippen LogP contribution >= 0.6 is 11.8 Å². The summed E-state index contributed by atoms with van der Waals surface area (Å²) in [5.74, 6) is -1.31. The largest absolute Gasteiger partial charge is 0.465 e. The van der Waals surface area contributed by atoms with Crippen molar-refractivity contribution in [3.63, 3.8) is 0 Å². The number of hydrogen-bond acceptors (Lipinski definition) is 8. The highest BCUT2D eigenvalue weighted by Crippen LogP contribution is 2.41. The molecule has 0 N–H and O–H groups in total. The number of ether oxygens (including phenoxy) is 4. The fraction of sp³-hybridized carbons (Fsp3) is 0.846. The van der Waals surface area contributed by atoms with Crippen molar-refractivity contribution in [2.24, 2.45) is 5.11 Å². The third-order valence-electron chi connectivity index (χ3n) is 3.37. The standard InChI is InChI=1S/C13H19N3O6S/c1-6(17)19-5-8(23-7(2)18)10-9(15-16-14)11-12(20-10)22-13(3,4)21-11/h8-12H,5H2,1-4H3/t8-,9+,10-,11-,12-/m1/s1. The molecule has 0 saturated carbocycles. The summed E-state index contributed by atoms with van der Waals surface area (Å²) in [5.41, 5.74) is 8.82. The van der Waals surface area contributed by atoms with Crippen molar-refractivity contribution >= 4 is 22.8 Å². The molecule has 2 aliphatic heterocycles. The zero-order chi connectivity index (χ0) is 17.2. The van der Waals surface area contributed by atoms with Gasteiger partial charge < -0.3 is 18.9 Å². The minimum Gasteiger partial charge on any atom is -0.465 e. The van der Waals surface area contributed by atoms with Crippen LogP contribution in [-0.2, 0) is 28.5 Å². The van der Waals surface area contributed by atoms with Crippen LogP contribution in [0.4, 0.5) is 0 Å². The van der Waals surface area contributed by atoms with Crippen molar-refractivity contribution in [1.29, 1.82) is 0 Å². The van der Waals surface area contributed by atoms with Gasteiger partial charge in [0, 0.05) is 18.8 Å². The molecule has 2 rings (SSSR count). The van der Waals surface area contributed by atoms with Crippen molar-refractivity contribution in [2.75, 3.05) is 6.61 Å². The number of carbonyl (C=O) groups is 2. The van der Waals surface area contributed by atoms with Gasteiger partial charge >= 0.3 is 5.97 Å². The van der Waals surface area contributed by atoms with Gasteiger partial charge in [0.1, 0.15) is 12.7 Å². The number of nitrogens with zero attached hydrogens (tertiary/aromatic N) is 3. The lowest BCUT2D eigenvalue weighted by Crippen LogP contribution is -2.41. The molecule has 23 heavy (non-hydrogen) atoms. The Morgan fingerprint density at radius 2 is 2.09 bits per heavy atom. The highest BCUT2D eigenvalue weighted by atomic mass is 32.2. The van der Waals surface area contributed by atoms with Crippen molar-refractivity contribution in [3.8, 4) is 0 Å². The van der Waals surface area contributed by atoms with Crippen LogP contribution < -0.4 is 0 Å². The molecule has 0 aromatic rings. The maximum Gasteiger partial charge on any atom is 0.302 e. The van der Waals surface area contributed by atoms with E-state index in [9.17, 15) is 9.59 Å². The van der Waals surface area contributed by atoms with Gasteiger partial charge in [0.15, 0.2) is 17.2 Å². The molecular weight excluding hydrogens is 326 g/mol. The first kappa shape index (κ1) is 18.0. The van der Waals surface area contributed by atoms with E-state index in [4.69, 9.17) is 24.5 Å². The lowest BCUT2D eigenvalue weighted by atomic mass is 10.1. The average molecular weight is 345 g/mol. The van der Waals surface area contributed by atoms with E-state index < -0.39 is 41.5 Å². The number of thioether (sulfide) groups is 1. The second-order valence-electron chi connectivity index (χ2n) is 5.72. The summed E-state index contributed by atoms with van der Waals surface area (Å²) in [6.45, 7) is 6.11. The van der Waals surface area contributed by atoms with Crippen molar-refractivity contribution in [1.82, 2.24) is 0 Å². The van der Waals surface area contributed by atoms with E-state index in [2.05, 4.69) is 10.0 Å². The van der Waals surface area contributed by atoms with E-state index in [1.807, 2.05) is 0 Å². The summed E-state index contributed by atoms with van der Waals surface area (Å²) in [4.78, 5) is 25.4. The summed E-state index contributed by atoms with van der Waals surface area (Å²) in [5, 5.41) is 3.07. The topological polar surface area (TPSA) is 120 Å². The van der Waals surface area contributed by atoms with Crippen molar-refractivity contribution in [3.05, 3.63) is 10.4 Å². The highest BCUT2D eigenvalue weighted by molar-refractivity contribution is 8.14. The van der Waals surface area contributed by atoms with Crippen LogP contribution in [0.15, 0.2) is 5.11 Å². The maximum atomic E-state index is 11.5. The SMILES string of the molecule is CC(=O)OC[C@@H](SC(C)=O)[C@H]1O[C@@H]2OC(C)(C)O[C@@H]2[C@H]1N=[N+]=[N-]. The summed E-state index contributed by atoms with van der Waals surface area (Å²) < 4.78 is 22.2. The normalized spacial score (nSPS) is 32.7. The monoisotopic (exact) mass is 345 g/mol. The second-order valence-corrected chi connectivity index (χ2v) is 7.13. The Morgan fingerprint density at radius 1 is 1.39 bits per heavy atom. The zero-order valence-electron chi connectivity index (χ0n) is 13.3. The first-order valence-electron chi connectivity index (χ1n) is 7.09. The summed E-state index contributed by atoms with van der Waals surface area (Å²) in [6, 6.07) is -0.681. The van der Waals surface area contributed by atoms with Gasteiger partial charge in [-0.3, -0.25) is 9.59 Å². The molecule has 0 unspecified atom stereocenters. The number of carbonyl (C=O) groups excluding carboxylic acids is 2. The van der Waals surface area contributed by atoms with E-state index in [0.717, 1.165) is 11.8 Å². The lowest BCUT2D eigenvalue weighted by Gasteiger charge is -2.27. The molecule has 0 bridgehead atoms. The molecule has 0 radical (unpaired) electrons. The molecule has 0 amide bonds. The number of rotatable bonds is 5. The molecule has 0 spiro atoms. The summed E-state index contributed by atoms with van der Waals surface area (Å²) in [6.07, 6.45) is -1.93. The molecule has 0 aliphatic carbocycles. The van der Waals surface area contributed by atoms with Crippen LogP contribution in [-0.4, -0.2) is 53.3 Å². The van der Waals surface area contributed by atoms with Crippen LogP contribution in [0.25, 0.3) is 10.4 Å². The minimum atomic E-state index is -0.845. The third-order valence-corrected chi connectivity index (χ3v) is 4.41. The molecular formula is C13H19N3O6S. The highest BCUT2D eigenvalue weighted by Gasteiger charge is 2.56. The maximum absolute atomic E-state index is 11.5. The Bertz CT molecular complexity index is 536. The fourth-order valence-corrected chi connectivity index (χ4v) is 3.54. The molecule has 2 heterocycles. The third kappa shape index (κ3) is 4.36. The number of hydrogen-bond donors (Lipinski definition) is 0. The molecule has 5 atom stereocenters. The first-order chi connectivity index (χ1) is 10.7. The Kier molecular flexibility index (Phi) is 5.53. The molecule has 2 aliphatic rings. The first-order valence-corrected chi connectivity index (χ1v) is 7.97. The minimum absolute atomic E-state index is 0.0372. The van der Waals surface area contributed by atoms with E-state index >= 15 is 0 Å². The van der Waals surface area contributed by atoms with E-state index in [1.165, 1.54) is 13.8 Å². The number of esters is 1. The zero-order valence-corrected chi connectivity index (χ0v) is 14.1. The predicted molar refractivity (Wildman–Crippen MR) is 80.3 cm³/mol. The second kappa shape index (κ2) is 7.06. The van der Waals surface area contributed by atoms with Gasteiger partial charge in [-0.2, -0.15) is 0 Å². The summed E-state index contributed by atoms with van der Waals surface area (Å²) >= 11 is 0.971. The van der Waals surface area contributed by atoms with Crippen LogP contribution in [0.5, 0.6) is 0 Å². The molecule has 10 heteroatoms. The fourth-order valence-electron chi connectivity index (χ4n) is 2.62. The van der Waals surface area contributed by atoms with Gasteiger partial charge in [-0.15, -0.1) is 0 Å². The van der Waals surface area contributed by atoms with Gasteiger partial charge in [-0.05, 0) is 19.4 Å². The number of azide groups is 1. The van der Waals surface area contributed by atoms with Crippen LogP contribution in [0.3, 0.4) is 0 Å². The smallest absolute Gasteiger partial charge is 0.302 e. The Hall–Kier alpha value is -1.32. The van der Waals surface area contributed by atoms with Gasteiger partial charge in [0.05, 0.1) is 17.4 Å². The van der Waals surface area contributed by atoms with Gasteiger partial charge in [-0.25, -0.2) is 0 Å². The molecule has 128 valence electrons. The van der Waals surface area contributed by atoms with E-state index in [0.29, 0.717) is 0 Å². The average Bonchev–Trinajstić information content (AvgIpc) is 2.88. The Morgan fingerprint density at radius 3 is 2.65 bits per heavy atom. The molecule has 0 aromatic heterocycles. The predicted octanol–water partition coefficient (Wildman–Crippen LogP) is 1.75. The van der Waals surface area contributed by atoms with Crippen LogP contribution in [0.1, 0.15) is 27.7 Å². The van der Waals surface area contributed by atoms with Gasteiger partial charge in [0.25, 0.3) is 0 Å². The molecule has 0 aromatic carbocycles. The number of fused-ring (bicyclic) bond motifs is 1. The molecule has 2 fully saturated rings. The summed E-state index contributed by atoms with van der Waals surface area (Å²) in [7, 11) is 0. The van der Waals surface area contributed by atoms with Crippen molar-refractivity contribution in [2.45, 2.75) is 63.3 Å². The molecule has 2 saturated heterocycles. The lowest BCUT2D eigenvalue weighted by molar-refractivity contribution is -0.206. The van der Waals surface area contributed by atoms with Crippen molar-refractivity contribution < 1.29 is 28.5 Å². The van der Waals surface area contributed by atoms with E-state index in [-0.39, 0.29) is 11.7 Å². The van der Waals surface area contributed by atoms with Gasteiger partial charge in [0.2, 0.25) is 0 Å². The van der Waals surface area contributed by atoms with E-state index in [1.54, 1.807) is 13.8 Å². The molecule has 9 nitrogen and oxygen atoms in total. The Balaban J connectivity index is 2.18. The van der Waals surface area contributed by atoms with Gasteiger partial charge in [-0.1, -0.05) is 16.9 Å². The van der Waals surface area contributed by atoms with Crippen LogP contribution in [0.2, 0.25) is 0 Å². The Labute approximate surface area is 137 Å².